The monoisotopic (exact) mass is 279 g/mol. The number of hydrogen-bond donors (Lipinski definition) is 2. The summed E-state index contributed by atoms with van der Waals surface area (Å²) >= 11 is 3.53. The molecule has 0 radical (unpaired) electrons. The predicted octanol–water partition coefficient (Wildman–Crippen LogP) is 2.77. The molecule has 0 aliphatic carbocycles. The maximum atomic E-state index is 4.15. The topological polar surface area (TPSA) is 40.7 Å². The Morgan fingerprint density at radius 3 is 2.94 bits per heavy atom. The summed E-state index contributed by atoms with van der Waals surface area (Å²) in [6.07, 6.45) is 3.60. The zero-order valence-corrected chi connectivity index (χ0v) is 10.7. The van der Waals surface area contributed by atoms with E-state index in [0.717, 1.165) is 23.4 Å². The van der Waals surface area contributed by atoms with Crippen LogP contribution >= 0.6 is 15.9 Å². The van der Waals surface area contributed by atoms with E-state index in [2.05, 4.69) is 56.3 Å². The zero-order chi connectivity index (χ0) is 11.4. The van der Waals surface area contributed by atoms with Crippen molar-refractivity contribution in [3.8, 4) is 0 Å². The van der Waals surface area contributed by atoms with Gasteiger partial charge in [0.2, 0.25) is 0 Å². The lowest BCUT2D eigenvalue weighted by Crippen LogP contribution is -2.13. The molecule has 84 valence electrons. The molecule has 0 bridgehead atoms. The van der Waals surface area contributed by atoms with Crippen LogP contribution in [-0.4, -0.2) is 9.97 Å². The SMILES string of the molecule is Cc1ccc(CNCc2ncc[nH]2)cc1Br. The highest BCUT2D eigenvalue weighted by molar-refractivity contribution is 9.10. The summed E-state index contributed by atoms with van der Waals surface area (Å²) in [5.41, 5.74) is 2.53. The van der Waals surface area contributed by atoms with Gasteiger partial charge in [-0.2, -0.15) is 0 Å². The maximum absolute atomic E-state index is 4.15. The van der Waals surface area contributed by atoms with Gasteiger partial charge in [0, 0.05) is 23.4 Å². The van der Waals surface area contributed by atoms with Gasteiger partial charge in [0.15, 0.2) is 0 Å². The van der Waals surface area contributed by atoms with Gasteiger partial charge < -0.3 is 10.3 Å². The zero-order valence-electron chi connectivity index (χ0n) is 9.13. The number of imidazole rings is 1. The van der Waals surface area contributed by atoms with E-state index in [1.165, 1.54) is 11.1 Å². The minimum absolute atomic E-state index is 0.762. The third kappa shape index (κ3) is 2.93. The van der Waals surface area contributed by atoms with Crippen molar-refractivity contribution in [1.82, 2.24) is 15.3 Å². The molecule has 0 aliphatic rings. The largest absolute Gasteiger partial charge is 0.348 e. The number of aromatic amines is 1. The highest BCUT2D eigenvalue weighted by Gasteiger charge is 1.98. The number of benzene rings is 1. The molecule has 0 fully saturated rings. The van der Waals surface area contributed by atoms with Crippen molar-refractivity contribution in [2.75, 3.05) is 0 Å². The van der Waals surface area contributed by atoms with Gasteiger partial charge in [-0.3, -0.25) is 0 Å². The van der Waals surface area contributed by atoms with Crippen LogP contribution in [0.15, 0.2) is 35.1 Å². The first-order valence-corrected chi connectivity index (χ1v) is 5.99. The van der Waals surface area contributed by atoms with Gasteiger partial charge in [0.25, 0.3) is 0 Å². The first kappa shape index (κ1) is 11.4. The Morgan fingerprint density at radius 1 is 1.38 bits per heavy atom. The van der Waals surface area contributed by atoms with Crippen molar-refractivity contribution in [3.63, 3.8) is 0 Å². The summed E-state index contributed by atoms with van der Waals surface area (Å²) < 4.78 is 1.16. The fraction of sp³-hybridized carbons (Fsp3) is 0.250. The van der Waals surface area contributed by atoms with E-state index >= 15 is 0 Å². The molecule has 0 spiro atoms. The van der Waals surface area contributed by atoms with Gasteiger partial charge in [0.05, 0.1) is 6.54 Å². The molecule has 2 aromatic rings. The molecule has 0 saturated carbocycles. The second-order valence-corrected chi connectivity index (χ2v) is 4.58. The van der Waals surface area contributed by atoms with Gasteiger partial charge in [-0.05, 0) is 24.1 Å². The van der Waals surface area contributed by atoms with E-state index in [9.17, 15) is 0 Å². The van der Waals surface area contributed by atoms with Crippen LogP contribution in [0.5, 0.6) is 0 Å². The summed E-state index contributed by atoms with van der Waals surface area (Å²) in [5, 5.41) is 3.34. The van der Waals surface area contributed by atoms with Crippen LogP contribution in [0.4, 0.5) is 0 Å². The second kappa shape index (κ2) is 5.27. The second-order valence-electron chi connectivity index (χ2n) is 3.72. The molecule has 0 saturated heterocycles. The number of nitrogens with zero attached hydrogens (tertiary/aromatic N) is 1. The van der Waals surface area contributed by atoms with Gasteiger partial charge in [0.1, 0.15) is 5.82 Å². The molecule has 1 heterocycles. The van der Waals surface area contributed by atoms with Crippen molar-refractivity contribution >= 4 is 15.9 Å². The first-order valence-electron chi connectivity index (χ1n) is 5.20. The molecule has 3 nitrogen and oxygen atoms in total. The minimum Gasteiger partial charge on any atom is -0.348 e. The fourth-order valence-corrected chi connectivity index (χ4v) is 1.89. The number of H-pyrrole nitrogens is 1. The standard InChI is InChI=1S/C12H14BrN3/c1-9-2-3-10(6-11(9)13)7-14-8-12-15-4-5-16-12/h2-6,14H,7-8H2,1H3,(H,15,16). The van der Waals surface area contributed by atoms with Crippen LogP contribution in [0.25, 0.3) is 0 Å². The highest BCUT2D eigenvalue weighted by Crippen LogP contribution is 2.17. The molecule has 0 amide bonds. The average molecular weight is 280 g/mol. The molecule has 0 aliphatic heterocycles. The van der Waals surface area contributed by atoms with E-state index in [-0.39, 0.29) is 0 Å². The van der Waals surface area contributed by atoms with Crippen molar-refractivity contribution < 1.29 is 0 Å². The van der Waals surface area contributed by atoms with E-state index < -0.39 is 0 Å². The Bertz CT molecular complexity index is 451. The normalized spacial score (nSPS) is 10.6. The van der Waals surface area contributed by atoms with Crippen LogP contribution in [0, 0.1) is 6.92 Å². The van der Waals surface area contributed by atoms with Crippen LogP contribution in [0.3, 0.4) is 0 Å². The smallest absolute Gasteiger partial charge is 0.120 e. The van der Waals surface area contributed by atoms with Crippen LogP contribution in [0.2, 0.25) is 0 Å². The lowest BCUT2D eigenvalue weighted by Gasteiger charge is -2.05. The Morgan fingerprint density at radius 2 is 2.25 bits per heavy atom. The Balaban J connectivity index is 1.87. The summed E-state index contributed by atoms with van der Waals surface area (Å²) in [5.74, 6) is 0.964. The van der Waals surface area contributed by atoms with Crippen LogP contribution in [0.1, 0.15) is 17.0 Å². The number of rotatable bonds is 4. The number of halogens is 1. The van der Waals surface area contributed by atoms with E-state index in [0.29, 0.717) is 0 Å². The maximum Gasteiger partial charge on any atom is 0.120 e. The lowest BCUT2D eigenvalue weighted by molar-refractivity contribution is 0.668. The van der Waals surface area contributed by atoms with Gasteiger partial charge in [-0.15, -0.1) is 0 Å². The molecule has 0 unspecified atom stereocenters. The molecule has 2 rings (SSSR count). The number of hydrogen-bond acceptors (Lipinski definition) is 2. The predicted molar refractivity (Wildman–Crippen MR) is 68.0 cm³/mol. The average Bonchev–Trinajstić information content (AvgIpc) is 2.76. The quantitative estimate of drug-likeness (QED) is 0.904. The summed E-state index contributed by atoms with van der Waals surface area (Å²) in [6, 6.07) is 6.40. The fourth-order valence-electron chi connectivity index (χ4n) is 1.47. The first-order chi connectivity index (χ1) is 7.75. The summed E-state index contributed by atoms with van der Waals surface area (Å²) in [4.78, 5) is 7.21. The molecule has 1 aromatic heterocycles. The van der Waals surface area contributed by atoms with Crippen molar-refractivity contribution in [3.05, 3.63) is 52.0 Å². The van der Waals surface area contributed by atoms with Gasteiger partial charge >= 0.3 is 0 Å². The van der Waals surface area contributed by atoms with E-state index in [1.807, 2.05) is 6.20 Å². The molecule has 2 N–H and O–H groups in total. The lowest BCUT2D eigenvalue weighted by atomic mass is 10.1. The molecule has 1 aromatic carbocycles. The number of aryl methyl sites for hydroxylation is 1. The number of aromatic nitrogens is 2. The van der Waals surface area contributed by atoms with Gasteiger partial charge in [-0.25, -0.2) is 4.98 Å². The summed E-state index contributed by atoms with van der Waals surface area (Å²) in [7, 11) is 0. The van der Waals surface area contributed by atoms with Crippen LogP contribution in [-0.2, 0) is 13.1 Å². The van der Waals surface area contributed by atoms with Crippen molar-refractivity contribution in [1.29, 1.82) is 0 Å². The Hall–Kier alpha value is -1.13. The van der Waals surface area contributed by atoms with Crippen molar-refractivity contribution in [2.45, 2.75) is 20.0 Å². The van der Waals surface area contributed by atoms with Crippen LogP contribution < -0.4 is 5.32 Å². The molecular formula is C12H14BrN3. The third-order valence-electron chi connectivity index (χ3n) is 2.41. The molecule has 4 heteroatoms. The third-order valence-corrected chi connectivity index (χ3v) is 3.27. The minimum atomic E-state index is 0.762. The molecule has 0 atom stereocenters. The highest BCUT2D eigenvalue weighted by atomic mass is 79.9. The summed E-state index contributed by atoms with van der Waals surface area (Å²) in [6.45, 7) is 3.70. The van der Waals surface area contributed by atoms with E-state index in [1.54, 1.807) is 6.20 Å². The van der Waals surface area contributed by atoms with Crippen molar-refractivity contribution in [2.24, 2.45) is 0 Å². The molecular weight excluding hydrogens is 266 g/mol. The Kier molecular flexibility index (Phi) is 3.74. The molecule has 16 heavy (non-hydrogen) atoms. The van der Waals surface area contributed by atoms with E-state index in [4.69, 9.17) is 0 Å². The van der Waals surface area contributed by atoms with Gasteiger partial charge in [-0.1, -0.05) is 28.1 Å². The number of nitrogens with one attached hydrogen (secondary N) is 2. The Labute approximate surface area is 103 Å².